The highest BCUT2D eigenvalue weighted by Gasteiger charge is 2.49. The number of hydrogen-bond donors (Lipinski definition) is 0. The minimum Gasteiger partial charge on any atom is -0.451 e. The lowest BCUT2D eigenvalue weighted by Crippen LogP contribution is -2.27. The number of halogens is 1. The van der Waals surface area contributed by atoms with Gasteiger partial charge in [-0.25, -0.2) is 17.6 Å². The molecule has 2 aromatic rings. The Balaban J connectivity index is 1.92. The standard InChI is InChI=1S/C21H19FO4S/c1-27(24,25)17-10-6-15(7-11-17)19-18(14-4-8-16(22)9-5-14)20(23)26-21(19)12-2-3-13-21/h4-11H,2-3,12-13H2,1H3. The van der Waals surface area contributed by atoms with Gasteiger partial charge in [-0.3, -0.25) is 0 Å². The Kier molecular flexibility index (Phi) is 4.18. The summed E-state index contributed by atoms with van der Waals surface area (Å²) in [6.45, 7) is 0. The average molecular weight is 386 g/mol. The van der Waals surface area contributed by atoms with Crippen LogP contribution in [0.15, 0.2) is 53.4 Å². The van der Waals surface area contributed by atoms with Crippen molar-refractivity contribution in [3.63, 3.8) is 0 Å². The first-order valence-corrected chi connectivity index (χ1v) is 10.7. The molecule has 0 atom stereocenters. The molecular weight excluding hydrogens is 367 g/mol. The quantitative estimate of drug-likeness (QED) is 0.748. The first-order chi connectivity index (χ1) is 12.8. The first kappa shape index (κ1) is 17.9. The summed E-state index contributed by atoms with van der Waals surface area (Å²) in [6.07, 6.45) is 4.52. The van der Waals surface area contributed by atoms with Crippen LogP contribution in [0.2, 0.25) is 0 Å². The molecule has 0 saturated heterocycles. The van der Waals surface area contributed by atoms with Crippen molar-refractivity contribution < 1.29 is 22.3 Å². The van der Waals surface area contributed by atoms with Gasteiger partial charge in [-0.2, -0.15) is 0 Å². The molecule has 1 heterocycles. The molecule has 0 bridgehead atoms. The van der Waals surface area contributed by atoms with Gasteiger partial charge < -0.3 is 4.74 Å². The Morgan fingerprint density at radius 3 is 2.04 bits per heavy atom. The predicted molar refractivity (Wildman–Crippen MR) is 100 cm³/mol. The van der Waals surface area contributed by atoms with Gasteiger partial charge in [-0.1, -0.05) is 24.3 Å². The summed E-state index contributed by atoms with van der Waals surface area (Å²) in [5, 5.41) is 0. The monoisotopic (exact) mass is 386 g/mol. The highest BCUT2D eigenvalue weighted by Crippen LogP contribution is 2.52. The number of carbonyl (C=O) groups is 1. The van der Waals surface area contributed by atoms with E-state index in [0.29, 0.717) is 11.1 Å². The van der Waals surface area contributed by atoms with Crippen LogP contribution in [0.5, 0.6) is 0 Å². The highest BCUT2D eigenvalue weighted by atomic mass is 32.2. The van der Waals surface area contributed by atoms with Crippen LogP contribution in [0.1, 0.15) is 36.8 Å². The Morgan fingerprint density at radius 1 is 0.926 bits per heavy atom. The lowest BCUT2D eigenvalue weighted by Gasteiger charge is -2.26. The summed E-state index contributed by atoms with van der Waals surface area (Å²) in [4.78, 5) is 13.0. The van der Waals surface area contributed by atoms with E-state index in [0.717, 1.165) is 43.1 Å². The fraction of sp³-hybridized carbons (Fsp3) is 0.286. The smallest absolute Gasteiger partial charge is 0.340 e. The number of benzene rings is 2. The van der Waals surface area contributed by atoms with E-state index in [4.69, 9.17) is 4.74 Å². The number of ether oxygens (including phenoxy) is 1. The minimum atomic E-state index is -3.31. The minimum absolute atomic E-state index is 0.223. The number of carbonyl (C=O) groups excluding carboxylic acids is 1. The van der Waals surface area contributed by atoms with E-state index in [1.165, 1.54) is 12.1 Å². The van der Waals surface area contributed by atoms with Gasteiger partial charge in [0.25, 0.3) is 0 Å². The van der Waals surface area contributed by atoms with Crippen molar-refractivity contribution in [1.29, 1.82) is 0 Å². The third kappa shape index (κ3) is 3.08. The zero-order chi connectivity index (χ0) is 19.2. The van der Waals surface area contributed by atoms with Crippen LogP contribution < -0.4 is 0 Å². The van der Waals surface area contributed by atoms with Crippen molar-refractivity contribution in [3.8, 4) is 0 Å². The summed E-state index contributed by atoms with van der Waals surface area (Å²) < 4.78 is 42.7. The van der Waals surface area contributed by atoms with Crippen LogP contribution in [-0.4, -0.2) is 26.2 Å². The molecule has 1 fully saturated rings. The average Bonchev–Trinajstić information content (AvgIpc) is 3.20. The molecule has 1 spiro atoms. The molecule has 140 valence electrons. The number of hydrogen-bond acceptors (Lipinski definition) is 4. The van der Waals surface area contributed by atoms with Crippen LogP contribution >= 0.6 is 0 Å². The molecule has 6 heteroatoms. The zero-order valence-corrected chi connectivity index (χ0v) is 15.7. The molecule has 4 nitrogen and oxygen atoms in total. The SMILES string of the molecule is CS(=O)(=O)c1ccc(C2=C(c3ccc(F)cc3)C(=O)OC23CCCC3)cc1. The summed E-state index contributed by atoms with van der Waals surface area (Å²) in [7, 11) is -3.31. The first-order valence-electron chi connectivity index (χ1n) is 8.85. The molecule has 4 rings (SSSR count). The van der Waals surface area contributed by atoms with E-state index < -0.39 is 21.4 Å². The number of esters is 1. The van der Waals surface area contributed by atoms with E-state index in [1.807, 2.05) is 0 Å². The van der Waals surface area contributed by atoms with E-state index in [1.54, 1.807) is 36.4 Å². The number of rotatable bonds is 3. The van der Waals surface area contributed by atoms with Crippen molar-refractivity contribution >= 4 is 27.0 Å². The van der Waals surface area contributed by atoms with Gasteiger partial charge in [-0.05, 0) is 61.1 Å². The van der Waals surface area contributed by atoms with Crippen LogP contribution in [0.25, 0.3) is 11.1 Å². The topological polar surface area (TPSA) is 60.4 Å². The molecule has 27 heavy (non-hydrogen) atoms. The van der Waals surface area contributed by atoms with Gasteiger partial charge >= 0.3 is 5.97 Å². The van der Waals surface area contributed by atoms with Crippen LogP contribution in [0.3, 0.4) is 0 Å². The fourth-order valence-corrected chi connectivity index (χ4v) is 4.69. The fourth-order valence-electron chi connectivity index (χ4n) is 4.06. The van der Waals surface area contributed by atoms with Crippen LogP contribution in [0, 0.1) is 5.82 Å². The Morgan fingerprint density at radius 2 is 1.48 bits per heavy atom. The van der Waals surface area contributed by atoms with Crippen molar-refractivity contribution in [2.45, 2.75) is 36.2 Å². The summed E-state index contributed by atoms with van der Waals surface area (Å²) in [6, 6.07) is 12.3. The lowest BCUT2D eigenvalue weighted by molar-refractivity contribution is -0.143. The normalized spacial score (nSPS) is 19.0. The maximum atomic E-state index is 13.4. The summed E-state index contributed by atoms with van der Waals surface area (Å²) in [5.41, 5.74) is 1.88. The second kappa shape index (κ2) is 6.30. The molecule has 0 aromatic heterocycles. The van der Waals surface area contributed by atoms with Gasteiger partial charge in [0, 0.05) is 11.8 Å². The van der Waals surface area contributed by atoms with Gasteiger partial charge in [0.2, 0.25) is 0 Å². The summed E-state index contributed by atoms with van der Waals surface area (Å²) in [5.74, 6) is -0.786. The van der Waals surface area contributed by atoms with Gasteiger partial charge in [0.1, 0.15) is 11.4 Å². The maximum Gasteiger partial charge on any atom is 0.340 e. The van der Waals surface area contributed by atoms with Crippen molar-refractivity contribution in [2.75, 3.05) is 6.26 Å². The lowest BCUT2D eigenvalue weighted by atomic mass is 9.83. The molecule has 2 aromatic carbocycles. The van der Waals surface area contributed by atoms with E-state index in [9.17, 15) is 17.6 Å². The van der Waals surface area contributed by atoms with Crippen molar-refractivity contribution in [2.24, 2.45) is 0 Å². The van der Waals surface area contributed by atoms with E-state index >= 15 is 0 Å². The molecule has 0 unspecified atom stereocenters. The van der Waals surface area contributed by atoms with Gasteiger partial charge in [0.05, 0.1) is 10.5 Å². The zero-order valence-electron chi connectivity index (χ0n) is 14.9. The molecule has 1 saturated carbocycles. The Bertz CT molecular complexity index is 1030. The van der Waals surface area contributed by atoms with E-state index in [-0.39, 0.29) is 10.7 Å². The second-order valence-electron chi connectivity index (χ2n) is 7.14. The van der Waals surface area contributed by atoms with Gasteiger partial charge in [0.15, 0.2) is 9.84 Å². The van der Waals surface area contributed by atoms with Crippen LogP contribution in [-0.2, 0) is 19.4 Å². The molecule has 0 amide bonds. The Hall–Kier alpha value is -2.47. The molecule has 1 aliphatic heterocycles. The van der Waals surface area contributed by atoms with Gasteiger partial charge in [-0.15, -0.1) is 0 Å². The molecule has 0 N–H and O–H groups in total. The third-order valence-corrected chi connectivity index (χ3v) is 6.44. The highest BCUT2D eigenvalue weighted by molar-refractivity contribution is 7.90. The summed E-state index contributed by atoms with van der Waals surface area (Å²) >= 11 is 0. The predicted octanol–water partition coefficient (Wildman–Crippen LogP) is 4.01. The van der Waals surface area contributed by atoms with E-state index in [2.05, 4.69) is 0 Å². The number of sulfone groups is 1. The third-order valence-electron chi connectivity index (χ3n) is 5.31. The maximum absolute atomic E-state index is 13.4. The molecular formula is C21H19FO4S. The van der Waals surface area contributed by atoms with Crippen molar-refractivity contribution in [1.82, 2.24) is 0 Å². The largest absolute Gasteiger partial charge is 0.451 e. The Labute approximate surface area is 157 Å². The van der Waals surface area contributed by atoms with Crippen LogP contribution in [0.4, 0.5) is 4.39 Å². The molecule has 1 aliphatic carbocycles. The van der Waals surface area contributed by atoms with Crippen molar-refractivity contribution in [3.05, 3.63) is 65.5 Å². The molecule has 0 radical (unpaired) electrons. The second-order valence-corrected chi connectivity index (χ2v) is 9.16. The molecule has 2 aliphatic rings.